The average Bonchev–Trinajstić information content (AvgIpc) is 3.07. The van der Waals surface area contributed by atoms with Gasteiger partial charge in [-0.1, -0.05) is 36.9 Å². The van der Waals surface area contributed by atoms with Gasteiger partial charge in [0, 0.05) is 28.4 Å². The van der Waals surface area contributed by atoms with E-state index < -0.39 is 4.92 Å². The highest BCUT2D eigenvalue weighted by Gasteiger charge is 2.20. The van der Waals surface area contributed by atoms with Crippen LogP contribution in [0.3, 0.4) is 0 Å². The van der Waals surface area contributed by atoms with E-state index in [2.05, 4.69) is 10.3 Å². The van der Waals surface area contributed by atoms with Crippen molar-refractivity contribution in [3.63, 3.8) is 0 Å². The first-order valence-corrected chi connectivity index (χ1v) is 9.95. The van der Waals surface area contributed by atoms with Gasteiger partial charge in [0.25, 0.3) is 11.6 Å². The lowest BCUT2D eigenvalue weighted by Gasteiger charge is -2.10. The first-order valence-electron chi connectivity index (χ1n) is 8.25. The summed E-state index contributed by atoms with van der Waals surface area (Å²) in [5.74, 6) is -0.374. The number of nitrogens with zero attached hydrogens (tertiary/aromatic N) is 2. The minimum absolute atomic E-state index is 0.107. The van der Waals surface area contributed by atoms with Crippen molar-refractivity contribution in [2.75, 3.05) is 5.32 Å². The first-order chi connectivity index (χ1) is 13.0. The molecule has 0 radical (unpaired) electrons. The van der Waals surface area contributed by atoms with Crippen molar-refractivity contribution in [2.24, 2.45) is 0 Å². The molecule has 1 N–H and O–H groups in total. The molecule has 1 amide bonds. The number of nitrogens with one attached hydrogen (secondary N) is 1. The number of hydrogen-bond acceptors (Lipinski definition) is 6. The molecule has 0 aliphatic carbocycles. The van der Waals surface area contributed by atoms with Crippen molar-refractivity contribution in [1.82, 2.24) is 4.98 Å². The number of carbonyl (C=O) groups excluding carboxylic acids is 1. The number of amides is 1. The highest BCUT2D eigenvalue weighted by molar-refractivity contribution is 8.01. The average molecular weight is 399 g/mol. The summed E-state index contributed by atoms with van der Waals surface area (Å²) in [5, 5.41) is 16.2. The topological polar surface area (TPSA) is 85.1 Å². The van der Waals surface area contributed by atoms with Gasteiger partial charge in [0.15, 0.2) is 4.34 Å². The van der Waals surface area contributed by atoms with Crippen molar-refractivity contribution in [1.29, 1.82) is 0 Å². The fourth-order valence-corrected chi connectivity index (χ4v) is 4.38. The molecule has 1 aromatic heterocycles. The molecule has 0 bridgehead atoms. The number of nitro groups is 1. The zero-order valence-corrected chi connectivity index (χ0v) is 16.4. The maximum absolute atomic E-state index is 12.6. The maximum atomic E-state index is 12.6. The molecular weight excluding hydrogens is 382 g/mol. The third kappa shape index (κ3) is 4.53. The summed E-state index contributed by atoms with van der Waals surface area (Å²) >= 11 is 2.66. The summed E-state index contributed by atoms with van der Waals surface area (Å²) in [6.07, 6.45) is 0.777. The summed E-state index contributed by atoms with van der Waals surface area (Å²) in [7, 11) is 0. The van der Waals surface area contributed by atoms with Crippen LogP contribution in [0.1, 0.15) is 28.5 Å². The van der Waals surface area contributed by atoms with Crippen LogP contribution < -0.4 is 5.32 Å². The first kappa shape index (κ1) is 19.1. The fourth-order valence-electron chi connectivity index (χ4n) is 2.51. The van der Waals surface area contributed by atoms with Gasteiger partial charge in [-0.05, 0) is 37.1 Å². The Hall–Kier alpha value is -2.71. The van der Waals surface area contributed by atoms with Crippen LogP contribution in [0, 0.1) is 17.0 Å². The third-order valence-corrected chi connectivity index (χ3v) is 5.98. The molecule has 1 heterocycles. The van der Waals surface area contributed by atoms with E-state index in [9.17, 15) is 14.9 Å². The van der Waals surface area contributed by atoms with E-state index in [1.165, 1.54) is 29.2 Å². The Bertz CT molecular complexity index is 1000. The number of para-hydroxylation sites is 1. The molecule has 27 heavy (non-hydrogen) atoms. The summed E-state index contributed by atoms with van der Waals surface area (Å²) in [6.45, 7) is 3.87. The SMILES string of the molecule is CCc1ccccc1NC(=O)c1ccc(Sc2nc(C)cs2)c([N+](=O)[O-])c1. The standard InChI is InChI=1S/C19H17N3O3S2/c1-3-13-6-4-5-7-15(13)21-18(23)14-8-9-17(16(10-14)22(24)25)27-19-20-12(2)11-26-19/h4-11H,3H2,1-2H3,(H,21,23). The molecule has 3 aromatic rings. The lowest BCUT2D eigenvalue weighted by molar-refractivity contribution is -0.387. The normalized spacial score (nSPS) is 10.6. The second-order valence-electron chi connectivity index (χ2n) is 5.76. The molecule has 3 rings (SSSR count). The smallest absolute Gasteiger partial charge is 0.284 e. The summed E-state index contributed by atoms with van der Waals surface area (Å²) in [4.78, 5) is 28.4. The Labute approximate surface area is 164 Å². The number of nitro benzene ring substituents is 1. The number of aryl methyl sites for hydroxylation is 2. The predicted molar refractivity (Wildman–Crippen MR) is 108 cm³/mol. The Morgan fingerprint density at radius 2 is 2.07 bits per heavy atom. The van der Waals surface area contributed by atoms with Gasteiger partial charge < -0.3 is 5.32 Å². The molecule has 0 aliphatic heterocycles. The van der Waals surface area contributed by atoms with Crippen molar-refractivity contribution in [3.8, 4) is 0 Å². The molecule has 2 aromatic carbocycles. The van der Waals surface area contributed by atoms with Crippen molar-refractivity contribution >= 4 is 40.4 Å². The Kier molecular flexibility index (Phi) is 5.88. The molecule has 0 saturated carbocycles. The molecule has 8 heteroatoms. The van der Waals surface area contributed by atoms with Gasteiger partial charge >= 0.3 is 0 Å². The summed E-state index contributed by atoms with van der Waals surface area (Å²) in [6, 6.07) is 12.0. The van der Waals surface area contributed by atoms with E-state index >= 15 is 0 Å². The number of rotatable bonds is 6. The molecular formula is C19H17N3O3S2. The van der Waals surface area contributed by atoms with Crippen LogP contribution in [0.25, 0.3) is 0 Å². The van der Waals surface area contributed by atoms with Crippen molar-refractivity contribution < 1.29 is 9.72 Å². The number of hydrogen-bond donors (Lipinski definition) is 1. The van der Waals surface area contributed by atoms with Crippen LogP contribution in [-0.2, 0) is 6.42 Å². The van der Waals surface area contributed by atoms with Crippen LogP contribution >= 0.6 is 23.1 Å². The molecule has 0 spiro atoms. The second kappa shape index (κ2) is 8.32. The second-order valence-corrected chi connectivity index (χ2v) is 7.91. The highest BCUT2D eigenvalue weighted by atomic mass is 32.2. The van der Waals surface area contributed by atoms with Gasteiger partial charge in [0.05, 0.1) is 9.82 Å². The van der Waals surface area contributed by atoms with E-state index in [1.54, 1.807) is 12.1 Å². The third-order valence-electron chi connectivity index (χ3n) is 3.86. The van der Waals surface area contributed by atoms with Gasteiger partial charge in [0.2, 0.25) is 0 Å². The zero-order valence-electron chi connectivity index (χ0n) is 14.8. The molecule has 6 nitrogen and oxygen atoms in total. The molecule has 138 valence electrons. The molecule has 0 saturated heterocycles. The lowest BCUT2D eigenvalue weighted by Crippen LogP contribution is -2.13. The quantitative estimate of drug-likeness (QED) is 0.447. The fraction of sp³-hybridized carbons (Fsp3) is 0.158. The predicted octanol–water partition coefficient (Wildman–Crippen LogP) is 5.33. The number of thiazole rings is 1. The molecule has 0 unspecified atom stereocenters. The van der Waals surface area contributed by atoms with E-state index in [4.69, 9.17) is 0 Å². The Morgan fingerprint density at radius 3 is 2.74 bits per heavy atom. The minimum atomic E-state index is -0.473. The number of anilines is 1. The van der Waals surface area contributed by atoms with E-state index in [1.807, 2.05) is 43.5 Å². The summed E-state index contributed by atoms with van der Waals surface area (Å²) < 4.78 is 0.727. The van der Waals surface area contributed by atoms with Crippen LogP contribution in [0.5, 0.6) is 0 Å². The largest absolute Gasteiger partial charge is 0.322 e. The van der Waals surface area contributed by atoms with Crippen LogP contribution in [0.2, 0.25) is 0 Å². The number of benzene rings is 2. The van der Waals surface area contributed by atoms with Crippen LogP contribution in [0.4, 0.5) is 11.4 Å². The van der Waals surface area contributed by atoms with Crippen molar-refractivity contribution in [3.05, 3.63) is 74.8 Å². The minimum Gasteiger partial charge on any atom is -0.322 e. The van der Waals surface area contributed by atoms with Gasteiger partial charge in [-0.25, -0.2) is 4.98 Å². The van der Waals surface area contributed by atoms with Crippen molar-refractivity contribution in [2.45, 2.75) is 29.5 Å². The van der Waals surface area contributed by atoms with E-state index in [-0.39, 0.29) is 17.2 Å². The Morgan fingerprint density at radius 1 is 1.30 bits per heavy atom. The lowest BCUT2D eigenvalue weighted by atomic mass is 10.1. The number of aromatic nitrogens is 1. The van der Waals surface area contributed by atoms with Crippen LogP contribution in [0.15, 0.2) is 57.1 Å². The van der Waals surface area contributed by atoms with Gasteiger partial charge in [-0.15, -0.1) is 11.3 Å². The Balaban J connectivity index is 1.86. The van der Waals surface area contributed by atoms with E-state index in [0.29, 0.717) is 10.6 Å². The van der Waals surface area contributed by atoms with Gasteiger partial charge in [-0.3, -0.25) is 14.9 Å². The number of carbonyl (C=O) groups is 1. The monoisotopic (exact) mass is 399 g/mol. The summed E-state index contributed by atoms with van der Waals surface area (Å²) in [5.41, 5.74) is 2.73. The van der Waals surface area contributed by atoms with E-state index in [0.717, 1.165) is 22.0 Å². The molecule has 0 fully saturated rings. The molecule has 0 aliphatic rings. The zero-order chi connectivity index (χ0) is 19.4. The highest BCUT2D eigenvalue weighted by Crippen LogP contribution is 2.37. The molecule has 0 atom stereocenters. The van der Waals surface area contributed by atoms with Gasteiger partial charge in [-0.2, -0.15) is 0 Å². The van der Waals surface area contributed by atoms with Crippen LogP contribution in [-0.4, -0.2) is 15.8 Å². The maximum Gasteiger partial charge on any atom is 0.284 e. The van der Waals surface area contributed by atoms with Gasteiger partial charge in [0.1, 0.15) is 0 Å².